The highest BCUT2D eigenvalue weighted by molar-refractivity contribution is 5.94. The number of nitrogens with zero attached hydrogens (tertiary/aromatic N) is 1. The average molecular weight is 386 g/mol. The molecule has 0 saturated carbocycles. The Morgan fingerprint density at radius 3 is 2.64 bits per heavy atom. The minimum atomic E-state index is -0.894. The molecule has 0 spiro atoms. The number of amides is 2. The molecule has 2 aromatic carbocycles. The minimum absolute atomic E-state index is 0.0839. The van der Waals surface area contributed by atoms with Gasteiger partial charge in [-0.05, 0) is 43.4 Å². The third-order valence-electron chi connectivity index (χ3n) is 5.04. The maximum atomic E-state index is 13.6. The van der Waals surface area contributed by atoms with Gasteiger partial charge in [-0.15, -0.1) is 0 Å². The fraction of sp³-hybridized carbons (Fsp3) is 0.364. The zero-order valence-corrected chi connectivity index (χ0v) is 15.7. The van der Waals surface area contributed by atoms with Gasteiger partial charge in [0.15, 0.2) is 0 Å². The number of carbonyl (C=O) groups is 2. The lowest BCUT2D eigenvalue weighted by Crippen LogP contribution is -2.37. The highest BCUT2D eigenvalue weighted by Crippen LogP contribution is 2.22. The lowest BCUT2D eigenvalue weighted by molar-refractivity contribution is -0.132. The molecule has 1 heterocycles. The van der Waals surface area contributed by atoms with Gasteiger partial charge in [-0.1, -0.05) is 30.3 Å². The van der Waals surface area contributed by atoms with Crippen LogP contribution in [0.4, 0.5) is 8.78 Å². The van der Waals surface area contributed by atoms with Crippen molar-refractivity contribution in [1.82, 2.24) is 10.2 Å². The van der Waals surface area contributed by atoms with E-state index in [1.165, 1.54) is 5.56 Å². The van der Waals surface area contributed by atoms with Gasteiger partial charge in [0.1, 0.15) is 11.6 Å². The highest BCUT2D eigenvalue weighted by atomic mass is 19.1. The van der Waals surface area contributed by atoms with Crippen molar-refractivity contribution in [2.45, 2.75) is 38.1 Å². The van der Waals surface area contributed by atoms with Crippen molar-refractivity contribution >= 4 is 11.8 Å². The molecular weight excluding hydrogens is 362 g/mol. The maximum Gasteiger partial charge on any atom is 0.254 e. The lowest BCUT2D eigenvalue weighted by atomic mass is 10.0. The van der Waals surface area contributed by atoms with E-state index in [0.717, 1.165) is 37.9 Å². The summed E-state index contributed by atoms with van der Waals surface area (Å²) in [4.78, 5) is 26.5. The van der Waals surface area contributed by atoms with Crippen molar-refractivity contribution < 1.29 is 18.4 Å². The molecule has 1 aliphatic heterocycles. The fourth-order valence-corrected chi connectivity index (χ4v) is 3.62. The van der Waals surface area contributed by atoms with Crippen molar-refractivity contribution in [3.63, 3.8) is 0 Å². The number of hydrogen-bond donors (Lipinski definition) is 1. The largest absolute Gasteiger partial charge is 0.352 e. The van der Waals surface area contributed by atoms with E-state index in [-0.39, 0.29) is 24.1 Å². The van der Waals surface area contributed by atoms with Crippen LogP contribution in [0.1, 0.15) is 41.6 Å². The summed E-state index contributed by atoms with van der Waals surface area (Å²) in [5.41, 5.74) is 1.02. The van der Waals surface area contributed by atoms with Crippen molar-refractivity contribution in [1.29, 1.82) is 0 Å². The molecule has 0 bridgehead atoms. The smallest absolute Gasteiger partial charge is 0.254 e. The topological polar surface area (TPSA) is 49.4 Å². The van der Waals surface area contributed by atoms with Crippen LogP contribution in [0.3, 0.4) is 0 Å². The van der Waals surface area contributed by atoms with Gasteiger partial charge in [-0.3, -0.25) is 9.59 Å². The highest BCUT2D eigenvalue weighted by Gasteiger charge is 2.28. The Hall–Kier alpha value is -2.76. The Balaban J connectivity index is 1.44. The first kappa shape index (κ1) is 20.0. The van der Waals surface area contributed by atoms with Gasteiger partial charge in [-0.2, -0.15) is 0 Å². The summed E-state index contributed by atoms with van der Waals surface area (Å²) in [6, 6.07) is 13.2. The fourth-order valence-electron chi connectivity index (χ4n) is 3.62. The van der Waals surface area contributed by atoms with Crippen LogP contribution in [-0.2, 0) is 11.2 Å². The first-order valence-electron chi connectivity index (χ1n) is 9.61. The Morgan fingerprint density at radius 1 is 1.11 bits per heavy atom. The molecule has 2 aromatic rings. The lowest BCUT2D eigenvalue weighted by Gasteiger charge is -2.25. The Kier molecular flexibility index (Phi) is 6.74. The summed E-state index contributed by atoms with van der Waals surface area (Å²) in [5.74, 6) is -2.14. The maximum absolute atomic E-state index is 13.6. The van der Waals surface area contributed by atoms with Crippen LogP contribution in [0.5, 0.6) is 0 Å². The summed E-state index contributed by atoms with van der Waals surface area (Å²) >= 11 is 0. The zero-order chi connectivity index (χ0) is 19.9. The molecule has 2 amide bonds. The number of likely N-dealkylation sites (tertiary alicyclic amines) is 1. The van der Waals surface area contributed by atoms with Crippen LogP contribution < -0.4 is 5.32 Å². The molecule has 3 rings (SSSR count). The molecule has 1 fully saturated rings. The number of hydrogen-bond acceptors (Lipinski definition) is 2. The van der Waals surface area contributed by atoms with E-state index in [9.17, 15) is 18.4 Å². The van der Waals surface area contributed by atoms with E-state index in [1.54, 1.807) is 0 Å². The molecule has 0 aliphatic carbocycles. The van der Waals surface area contributed by atoms with E-state index in [0.29, 0.717) is 18.9 Å². The van der Waals surface area contributed by atoms with Crippen molar-refractivity contribution in [2.75, 3.05) is 13.1 Å². The Bertz CT molecular complexity index is 827. The Morgan fingerprint density at radius 2 is 1.89 bits per heavy atom. The molecule has 6 heteroatoms. The van der Waals surface area contributed by atoms with Crippen LogP contribution in [0, 0.1) is 11.6 Å². The second-order valence-corrected chi connectivity index (χ2v) is 7.06. The van der Waals surface area contributed by atoms with Gasteiger partial charge in [0.25, 0.3) is 5.91 Å². The van der Waals surface area contributed by atoms with Crippen LogP contribution in [0.2, 0.25) is 0 Å². The summed E-state index contributed by atoms with van der Waals surface area (Å²) in [5, 5.41) is 2.58. The molecule has 148 valence electrons. The van der Waals surface area contributed by atoms with Gasteiger partial charge in [0.2, 0.25) is 5.91 Å². The van der Waals surface area contributed by atoms with Crippen LogP contribution in [-0.4, -0.2) is 35.8 Å². The number of carbonyl (C=O) groups excluding carboxylic acids is 2. The molecule has 1 N–H and O–H groups in total. The first-order chi connectivity index (χ1) is 13.5. The van der Waals surface area contributed by atoms with E-state index >= 15 is 0 Å². The SMILES string of the molecule is O=C(NCCCC(=O)N1CCCC1Cc1ccccc1)c1ccc(F)cc1F. The van der Waals surface area contributed by atoms with Crippen LogP contribution in [0.25, 0.3) is 0 Å². The third-order valence-corrected chi connectivity index (χ3v) is 5.04. The van der Waals surface area contributed by atoms with Gasteiger partial charge in [0.05, 0.1) is 5.56 Å². The molecule has 0 aromatic heterocycles. The Labute approximate surface area is 163 Å². The standard InChI is InChI=1S/C22H24F2N2O2/c23-17-10-11-19(20(24)15-17)22(28)25-12-4-9-21(27)26-13-5-8-18(26)14-16-6-2-1-3-7-16/h1-3,6-7,10-11,15,18H,4-5,8-9,12-14H2,(H,25,28). The van der Waals surface area contributed by atoms with E-state index < -0.39 is 17.5 Å². The van der Waals surface area contributed by atoms with Crippen molar-refractivity contribution in [2.24, 2.45) is 0 Å². The number of rotatable bonds is 7. The quantitative estimate of drug-likeness (QED) is 0.738. The molecule has 1 atom stereocenters. The normalized spacial score (nSPS) is 16.2. The average Bonchev–Trinajstić information content (AvgIpc) is 3.14. The predicted molar refractivity (Wildman–Crippen MR) is 103 cm³/mol. The molecule has 4 nitrogen and oxygen atoms in total. The molecule has 1 unspecified atom stereocenters. The minimum Gasteiger partial charge on any atom is -0.352 e. The van der Waals surface area contributed by atoms with Crippen LogP contribution >= 0.6 is 0 Å². The summed E-state index contributed by atoms with van der Waals surface area (Å²) in [6.07, 6.45) is 3.66. The summed E-state index contributed by atoms with van der Waals surface area (Å²) in [6.45, 7) is 1.03. The van der Waals surface area contributed by atoms with Crippen LogP contribution in [0.15, 0.2) is 48.5 Å². The van der Waals surface area contributed by atoms with Gasteiger partial charge in [0, 0.05) is 31.6 Å². The molecule has 0 radical (unpaired) electrons. The molecular formula is C22H24F2N2O2. The molecule has 1 aliphatic rings. The predicted octanol–water partition coefficient (Wildman–Crippen LogP) is 3.71. The number of nitrogens with one attached hydrogen (secondary N) is 1. The zero-order valence-electron chi connectivity index (χ0n) is 15.7. The van der Waals surface area contributed by atoms with Gasteiger partial charge in [-0.25, -0.2) is 8.78 Å². The van der Waals surface area contributed by atoms with Crippen molar-refractivity contribution in [3.8, 4) is 0 Å². The third kappa shape index (κ3) is 5.15. The van der Waals surface area contributed by atoms with E-state index in [1.807, 2.05) is 23.1 Å². The number of halogens is 2. The van der Waals surface area contributed by atoms with Gasteiger partial charge < -0.3 is 10.2 Å². The van der Waals surface area contributed by atoms with Gasteiger partial charge >= 0.3 is 0 Å². The van der Waals surface area contributed by atoms with E-state index in [2.05, 4.69) is 17.4 Å². The summed E-state index contributed by atoms with van der Waals surface area (Å²) in [7, 11) is 0. The van der Waals surface area contributed by atoms with Crippen molar-refractivity contribution in [3.05, 3.63) is 71.3 Å². The van der Waals surface area contributed by atoms with E-state index in [4.69, 9.17) is 0 Å². The second kappa shape index (κ2) is 9.44. The number of benzene rings is 2. The molecule has 28 heavy (non-hydrogen) atoms. The monoisotopic (exact) mass is 386 g/mol. The first-order valence-corrected chi connectivity index (χ1v) is 9.61. The second-order valence-electron chi connectivity index (χ2n) is 7.06. The molecule has 1 saturated heterocycles. The summed E-state index contributed by atoms with van der Waals surface area (Å²) < 4.78 is 26.5.